The van der Waals surface area contributed by atoms with Crippen LogP contribution in [0.1, 0.15) is 12.0 Å². The molecule has 2 fully saturated rings. The average molecular weight is 202 g/mol. The molecular weight excluding hydrogens is 184 g/mol. The Hall–Kier alpha value is -1.02. The Balaban J connectivity index is 1.76. The molecule has 0 bridgehead atoms. The number of piperidine rings is 1. The molecule has 1 saturated heterocycles. The van der Waals surface area contributed by atoms with Crippen molar-refractivity contribution in [1.29, 1.82) is 0 Å². The van der Waals surface area contributed by atoms with Gasteiger partial charge in [0.05, 0.1) is 0 Å². The van der Waals surface area contributed by atoms with Crippen molar-refractivity contribution in [3.05, 3.63) is 29.8 Å². The van der Waals surface area contributed by atoms with Gasteiger partial charge in [0.2, 0.25) is 0 Å². The van der Waals surface area contributed by atoms with Gasteiger partial charge in [-0.2, -0.15) is 0 Å². The molecule has 1 aliphatic heterocycles. The smallest absolute Gasteiger partial charge is 0.0369 e. The van der Waals surface area contributed by atoms with Crippen molar-refractivity contribution in [3.63, 3.8) is 0 Å². The zero-order chi connectivity index (χ0) is 10.3. The Bertz CT molecular complexity index is 351. The van der Waals surface area contributed by atoms with Crippen molar-refractivity contribution in [2.45, 2.75) is 12.8 Å². The third-order valence-electron chi connectivity index (χ3n) is 3.69. The molecule has 2 nitrogen and oxygen atoms in total. The highest BCUT2D eigenvalue weighted by Gasteiger charge is 2.44. The minimum Gasteiger partial charge on any atom is -0.371 e. The fraction of sp³-hybridized carbons (Fsp3) is 0.538. The first-order chi connectivity index (χ1) is 7.36. The Morgan fingerprint density at radius 2 is 2.07 bits per heavy atom. The SMILES string of the molecule is NCCc1cccc(N2CC3CC3C2)c1. The molecule has 0 radical (unpaired) electrons. The van der Waals surface area contributed by atoms with Gasteiger partial charge in [0.1, 0.15) is 0 Å². The van der Waals surface area contributed by atoms with Crippen LogP contribution in [0.3, 0.4) is 0 Å². The van der Waals surface area contributed by atoms with Gasteiger partial charge in [-0.1, -0.05) is 12.1 Å². The first-order valence-corrected chi connectivity index (χ1v) is 5.91. The highest BCUT2D eigenvalue weighted by Crippen LogP contribution is 2.46. The largest absolute Gasteiger partial charge is 0.371 e. The summed E-state index contributed by atoms with van der Waals surface area (Å²) in [5.74, 6) is 2.01. The van der Waals surface area contributed by atoms with Crippen molar-refractivity contribution in [3.8, 4) is 0 Å². The summed E-state index contributed by atoms with van der Waals surface area (Å²) in [7, 11) is 0. The molecule has 2 aliphatic rings. The Morgan fingerprint density at radius 1 is 1.27 bits per heavy atom. The quantitative estimate of drug-likeness (QED) is 0.807. The molecule has 1 aromatic rings. The monoisotopic (exact) mass is 202 g/mol. The molecule has 1 aliphatic carbocycles. The van der Waals surface area contributed by atoms with Crippen molar-refractivity contribution in [2.75, 3.05) is 24.5 Å². The van der Waals surface area contributed by atoms with Crippen LogP contribution in [0.25, 0.3) is 0 Å². The lowest BCUT2D eigenvalue weighted by Gasteiger charge is -2.20. The second-order valence-corrected chi connectivity index (χ2v) is 4.87. The lowest BCUT2D eigenvalue weighted by atomic mass is 10.1. The molecular formula is C13H18N2. The first-order valence-electron chi connectivity index (χ1n) is 5.91. The molecule has 2 atom stereocenters. The van der Waals surface area contributed by atoms with Crippen LogP contribution < -0.4 is 10.6 Å². The third-order valence-corrected chi connectivity index (χ3v) is 3.69. The second kappa shape index (κ2) is 3.53. The van der Waals surface area contributed by atoms with E-state index in [-0.39, 0.29) is 0 Å². The van der Waals surface area contributed by atoms with Crippen LogP contribution >= 0.6 is 0 Å². The molecule has 0 amide bonds. The van der Waals surface area contributed by atoms with Crippen LogP contribution in [-0.2, 0) is 6.42 Å². The maximum Gasteiger partial charge on any atom is 0.0369 e. The van der Waals surface area contributed by atoms with E-state index in [0.29, 0.717) is 0 Å². The first kappa shape index (κ1) is 9.22. The number of hydrogen-bond donors (Lipinski definition) is 1. The summed E-state index contributed by atoms with van der Waals surface area (Å²) in [6, 6.07) is 8.86. The van der Waals surface area contributed by atoms with Gasteiger partial charge >= 0.3 is 0 Å². The van der Waals surface area contributed by atoms with Crippen molar-refractivity contribution in [1.82, 2.24) is 0 Å². The van der Waals surface area contributed by atoms with Gasteiger partial charge in [-0.25, -0.2) is 0 Å². The lowest BCUT2D eigenvalue weighted by molar-refractivity contribution is 0.818. The number of benzene rings is 1. The number of fused-ring (bicyclic) bond motifs is 1. The molecule has 1 heterocycles. The molecule has 80 valence electrons. The minimum absolute atomic E-state index is 0.745. The fourth-order valence-electron chi connectivity index (χ4n) is 2.68. The Kier molecular flexibility index (Phi) is 2.17. The minimum atomic E-state index is 0.745. The molecule has 15 heavy (non-hydrogen) atoms. The van der Waals surface area contributed by atoms with Crippen LogP contribution in [0.5, 0.6) is 0 Å². The summed E-state index contributed by atoms with van der Waals surface area (Å²) in [5.41, 5.74) is 8.35. The summed E-state index contributed by atoms with van der Waals surface area (Å²) in [5, 5.41) is 0. The van der Waals surface area contributed by atoms with Gasteiger partial charge in [-0.3, -0.25) is 0 Å². The summed E-state index contributed by atoms with van der Waals surface area (Å²) in [6.45, 7) is 3.29. The molecule has 3 rings (SSSR count). The van der Waals surface area contributed by atoms with Crippen LogP contribution in [0.4, 0.5) is 5.69 Å². The van der Waals surface area contributed by atoms with E-state index in [1.807, 2.05) is 0 Å². The van der Waals surface area contributed by atoms with Crippen LogP contribution in [0, 0.1) is 11.8 Å². The predicted octanol–water partition coefficient (Wildman–Crippen LogP) is 1.64. The number of rotatable bonds is 3. The molecule has 2 heteroatoms. The molecule has 1 aromatic carbocycles. The number of nitrogens with zero attached hydrogens (tertiary/aromatic N) is 1. The Labute approximate surface area is 91.1 Å². The zero-order valence-corrected chi connectivity index (χ0v) is 9.02. The third kappa shape index (κ3) is 1.74. The summed E-state index contributed by atoms with van der Waals surface area (Å²) >= 11 is 0. The van der Waals surface area contributed by atoms with Crippen molar-refractivity contribution < 1.29 is 0 Å². The van der Waals surface area contributed by atoms with Crippen molar-refractivity contribution >= 4 is 5.69 Å². The predicted molar refractivity (Wildman–Crippen MR) is 63.0 cm³/mol. The van der Waals surface area contributed by atoms with Crippen LogP contribution in [-0.4, -0.2) is 19.6 Å². The summed E-state index contributed by atoms with van der Waals surface area (Å²) in [6.07, 6.45) is 2.47. The number of hydrogen-bond acceptors (Lipinski definition) is 2. The molecule has 0 spiro atoms. The molecule has 2 N–H and O–H groups in total. The molecule has 1 saturated carbocycles. The van der Waals surface area contributed by atoms with E-state index in [9.17, 15) is 0 Å². The van der Waals surface area contributed by atoms with Crippen LogP contribution in [0.15, 0.2) is 24.3 Å². The van der Waals surface area contributed by atoms with Gasteiger partial charge in [0.25, 0.3) is 0 Å². The zero-order valence-electron chi connectivity index (χ0n) is 9.02. The van der Waals surface area contributed by atoms with E-state index in [4.69, 9.17) is 5.73 Å². The average Bonchev–Trinajstić information content (AvgIpc) is 2.87. The maximum atomic E-state index is 5.58. The molecule has 2 unspecified atom stereocenters. The van der Waals surface area contributed by atoms with E-state index in [2.05, 4.69) is 29.2 Å². The Morgan fingerprint density at radius 3 is 2.80 bits per heavy atom. The fourth-order valence-corrected chi connectivity index (χ4v) is 2.68. The van der Waals surface area contributed by atoms with Gasteiger partial charge in [0, 0.05) is 18.8 Å². The van der Waals surface area contributed by atoms with E-state index in [0.717, 1.165) is 24.8 Å². The number of anilines is 1. The maximum absolute atomic E-state index is 5.58. The lowest BCUT2D eigenvalue weighted by Crippen LogP contribution is -2.21. The summed E-state index contributed by atoms with van der Waals surface area (Å²) < 4.78 is 0. The summed E-state index contributed by atoms with van der Waals surface area (Å²) in [4.78, 5) is 2.53. The van der Waals surface area contributed by atoms with Crippen molar-refractivity contribution in [2.24, 2.45) is 17.6 Å². The normalized spacial score (nSPS) is 27.9. The highest BCUT2D eigenvalue weighted by atomic mass is 15.2. The number of nitrogens with two attached hydrogens (primary N) is 1. The standard InChI is InChI=1S/C13H18N2/c14-5-4-10-2-1-3-13(6-10)15-8-11-7-12(11)9-15/h1-3,6,11-12H,4-5,7-9,14H2. The van der Waals surface area contributed by atoms with E-state index in [1.165, 1.54) is 30.8 Å². The van der Waals surface area contributed by atoms with Gasteiger partial charge in [0.15, 0.2) is 0 Å². The van der Waals surface area contributed by atoms with Gasteiger partial charge in [-0.05, 0) is 48.9 Å². The second-order valence-electron chi connectivity index (χ2n) is 4.87. The van der Waals surface area contributed by atoms with Gasteiger partial charge in [-0.15, -0.1) is 0 Å². The highest BCUT2D eigenvalue weighted by molar-refractivity contribution is 5.50. The topological polar surface area (TPSA) is 29.3 Å². The van der Waals surface area contributed by atoms with E-state index >= 15 is 0 Å². The van der Waals surface area contributed by atoms with Crippen LogP contribution in [0.2, 0.25) is 0 Å². The van der Waals surface area contributed by atoms with E-state index in [1.54, 1.807) is 0 Å². The molecule has 0 aromatic heterocycles. The van der Waals surface area contributed by atoms with E-state index < -0.39 is 0 Å². The van der Waals surface area contributed by atoms with Gasteiger partial charge < -0.3 is 10.6 Å².